The number of ether oxygens (including phenoxy) is 2. The molecule has 1 N–H and O–H groups in total. The number of carbonyl (C=O) groups excluding carboxylic acids is 1. The van der Waals surface area contributed by atoms with Gasteiger partial charge in [0.25, 0.3) is 0 Å². The third-order valence-electron chi connectivity index (χ3n) is 4.94. The molecule has 0 radical (unpaired) electrons. The van der Waals surface area contributed by atoms with Crippen LogP contribution in [0.3, 0.4) is 0 Å². The highest BCUT2D eigenvalue weighted by Crippen LogP contribution is 2.34. The van der Waals surface area contributed by atoms with Gasteiger partial charge in [0.05, 0.1) is 17.9 Å². The molecule has 1 amide bonds. The first-order chi connectivity index (χ1) is 14.6. The molecule has 1 unspecified atom stereocenters. The van der Waals surface area contributed by atoms with Gasteiger partial charge >= 0.3 is 0 Å². The van der Waals surface area contributed by atoms with Crippen molar-refractivity contribution in [2.24, 2.45) is 5.92 Å². The minimum absolute atomic E-state index is 0.134. The highest BCUT2D eigenvalue weighted by Gasteiger charge is 2.20. The van der Waals surface area contributed by atoms with Crippen LogP contribution in [0.2, 0.25) is 0 Å². The molecular weight excluding hydrogens is 378 g/mol. The number of rotatable bonds is 6. The zero-order chi connectivity index (χ0) is 20.9. The number of fused-ring (bicyclic) bond motifs is 1. The summed E-state index contributed by atoms with van der Waals surface area (Å²) in [7, 11) is 0. The van der Waals surface area contributed by atoms with Gasteiger partial charge in [0.1, 0.15) is 13.2 Å². The van der Waals surface area contributed by atoms with Gasteiger partial charge in [-0.25, -0.2) is 4.68 Å². The average Bonchev–Trinajstić information content (AvgIpc) is 3.25. The topological polar surface area (TPSA) is 65.4 Å². The largest absolute Gasteiger partial charge is 0.486 e. The highest BCUT2D eigenvalue weighted by atomic mass is 16.6. The van der Waals surface area contributed by atoms with E-state index in [1.54, 1.807) is 23.0 Å². The molecule has 4 rings (SSSR count). The number of aromatic nitrogens is 2. The van der Waals surface area contributed by atoms with E-state index in [1.165, 1.54) is 0 Å². The second kappa shape index (κ2) is 8.86. The maximum atomic E-state index is 12.6. The summed E-state index contributed by atoms with van der Waals surface area (Å²) in [6, 6.07) is 15.5. The van der Waals surface area contributed by atoms with Crippen molar-refractivity contribution in [3.05, 3.63) is 78.1 Å². The Morgan fingerprint density at radius 2 is 1.87 bits per heavy atom. The lowest BCUT2D eigenvalue weighted by molar-refractivity contribution is -0.117. The summed E-state index contributed by atoms with van der Waals surface area (Å²) in [5, 5.41) is 7.45. The third-order valence-corrected chi connectivity index (χ3v) is 4.94. The SMILES string of the molecule is CC(C)C(NC(=O)/C=C/c1cnn(-c2ccccc2)c1)c1ccc2c(c1)OCCO2. The van der Waals surface area contributed by atoms with E-state index in [2.05, 4.69) is 24.3 Å². The monoisotopic (exact) mass is 403 g/mol. The second-order valence-corrected chi connectivity index (χ2v) is 7.52. The summed E-state index contributed by atoms with van der Waals surface area (Å²) >= 11 is 0. The fraction of sp³-hybridized carbons (Fsp3) is 0.250. The van der Waals surface area contributed by atoms with E-state index in [9.17, 15) is 4.79 Å². The molecule has 30 heavy (non-hydrogen) atoms. The second-order valence-electron chi connectivity index (χ2n) is 7.52. The first-order valence-electron chi connectivity index (χ1n) is 10.1. The van der Waals surface area contributed by atoms with Gasteiger partial charge in [-0.2, -0.15) is 5.10 Å². The van der Waals surface area contributed by atoms with Crippen LogP contribution < -0.4 is 14.8 Å². The first kappa shape index (κ1) is 19.8. The first-order valence-corrected chi connectivity index (χ1v) is 10.1. The van der Waals surface area contributed by atoms with E-state index < -0.39 is 0 Å². The number of nitrogens with one attached hydrogen (secondary N) is 1. The molecule has 2 aromatic carbocycles. The van der Waals surface area contributed by atoms with Crippen LogP contribution >= 0.6 is 0 Å². The molecule has 0 bridgehead atoms. The third kappa shape index (κ3) is 4.54. The Labute approximate surface area is 176 Å². The van der Waals surface area contributed by atoms with Crippen LogP contribution in [0, 0.1) is 5.92 Å². The Balaban J connectivity index is 1.44. The van der Waals surface area contributed by atoms with Gasteiger partial charge < -0.3 is 14.8 Å². The summed E-state index contributed by atoms with van der Waals surface area (Å²) in [6.45, 7) is 5.25. The van der Waals surface area contributed by atoms with Gasteiger partial charge in [-0.3, -0.25) is 4.79 Å². The van der Waals surface area contributed by atoms with E-state index in [0.717, 1.165) is 28.3 Å². The molecule has 154 valence electrons. The van der Waals surface area contributed by atoms with Crippen LogP contribution in [0.5, 0.6) is 11.5 Å². The minimum atomic E-state index is -0.156. The van der Waals surface area contributed by atoms with Gasteiger partial charge in [0, 0.05) is 17.8 Å². The minimum Gasteiger partial charge on any atom is -0.486 e. The molecular formula is C24H25N3O3. The van der Waals surface area contributed by atoms with Crippen LogP contribution in [0.15, 0.2) is 67.0 Å². The number of para-hydroxylation sites is 1. The number of hydrogen-bond donors (Lipinski definition) is 1. The van der Waals surface area contributed by atoms with Gasteiger partial charge in [-0.1, -0.05) is 38.1 Å². The molecule has 6 nitrogen and oxygen atoms in total. The Morgan fingerprint density at radius 3 is 2.63 bits per heavy atom. The molecule has 0 saturated carbocycles. The Morgan fingerprint density at radius 1 is 1.10 bits per heavy atom. The maximum absolute atomic E-state index is 12.6. The number of carbonyl (C=O) groups is 1. The van der Waals surface area contributed by atoms with E-state index in [1.807, 2.05) is 54.7 Å². The van der Waals surface area contributed by atoms with Crippen molar-refractivity contribution in [3.63, 3.8) is 0 Å². The Hall–Kier alpha value is -3.54. The average molecular weight is 403 g/mol. The molecule has 6 heteroatoms. The molecule has 0 spiro atoms. The van der Waals surface area contributed by atoms with E-state index in [4.69, 9.17) is 9.47 Å². The van der Waals surface area contributed by atoms with E-state index in [-0.39, 0.29) is 17.9 Å². The maximum Gasteiger partial charge on any atom is 0.244 e. The van der Waals surface area contributed by atoms with Gasteiger partial charge in [-0.05, 0) is 41.8 Å². The highest BCUT2D eigenvalue weighted by molar-refractivity contribution is 5.92. The fourth-order valence-electron chi connectivity index (χ4n) is 3.41. The summed E-state index contributed by atoms with van der Waals surface area (Å²) in [4.78, 5) is 12.6. The Kier molecular flexibility index (Phi) is 5.84. The van der Waals surface area contributed by atoms with Crippen molar-refractivity contribution in [2.45, 2.75) is 19.9 Å². The smallest absolute Gasteiger partial charge is 0.244 e. The summed E-state index contributed by atoms with van der Waals surface area (Å²) in [6.07, 6.45) is 6.93. The molecule has 0 fully saturated rings. The van der Waals surface area contributed by atoms with Crippen molar-refractivity contribution < 1.29 is 14.3 Å². The zero-order valence-corrected chi connectivity index (χ0v) is 17.1. The van der Waals surface area contributed by atoms with Gasteiger partial charge in [0.15, 0.2) is 11.5 Å². The molecule has 1 aliphatic heterocycles. The van der Waals surface area contributed by atoms with Crippen LogP contribution in [0.25, 0.3) is 11.8 Å². The summed E-state index contributed by atoms with van der Waals surface area (Å²) in [5.74, 6) is 1.53. The predicted octanol–water partition coefficient (Wildman–Crippen LogP) is 4.17. The summed E-state index contributed by atoms with van der Waals surface area (Å²) in [5.41, 5.74) is 2.82. The van der Waals surface area contributed by atoms with Crippen LogP contribution in [-0.2, 0) is 4.79 Å². The summed E-state index contributed by atoms with van der Waals surface area (Å²) < 4.78 is 13.1. The number of nitrogens with zero attached hydrogens (tertiary/aromatic N) is 2. The quantitative estimate of drug-likeness (QED) is 0.628. The van der Waals surface area contributed by atoms with Crippen LogP contribution in [-0.4, -0.2) is 28.9 Å². The molecule has 1 aliphatic rings. The molecule has 0 aliphatic carbocycles. The van der Waals surface area contributed by atoms with Crippen molar-refractivity contribution in [1.82, 2.24) is 15.1 Å². The van der Waals surface area contributed by atoms with Gasteiger partial charge in [0.2, 0.25) is 5.91 Å². The standard InChI is InChI=1S/C24H25N3O3/c1-17(2)24(19-9-10-21-22(14-19)30-13-12-29-21)26-23(28)11-8-18-15-25-27(16-18)20-6-4-3-5-7-20/h3-11,14-17,24H,12-13H2,1-2H3,(H,26,28)/b11-8+. The number of benzene rings is 2. The van der Waals surface area contributed by atoms with E-state index in [0.29, 0.717) is 13.2 Å². The van der Waals surface area contributed by atoms with Crippen molar-refractivity contribution in [2.75, 3.05) is 13.2 Å². The predicted molar refractivity (Wildman–Crippen MR) is 116 cm³/mol. The van der Waals surface area contributed by atoms with Crippen molar-refractivity contribution >= 4 is 12.0 Å². The van der Waals surface area contributed by atoms with Gasteiger partial charge in [-0.15, -0.1) is 0 Å². The fourth-order valence-corrected chi connectivity index (χ4v) is 3.41. The number of hydrogen-bond acceptors (Lipinski definition) is 4. The number of amides is 1. The molecule has 1 atom stereocenters. The van der Waals surface area contributed by atoms with Crippen LogP contribution in [0.1, 0.15) is 31.0 Å². The van der Waals surface area contributed by atoms with Crippen molar-refractivity contribution in [3.8, 4) is 17.2 Å². The lowest BCUT2D eigenvalue weighted by Gasteiger charge is -2.25. The lowest BCUT2D eigenvalue weighted by atomic mass is 9.95. The molecule has 0 saturated heterocycles. The van der Waals surface area contributed by atoms with Crippen molar-refractivity contribution in [1.29, 1.82) is 0 Å². The Bertz CT molecular complexity index is 1040. The zero-order valence-electron chi connectivity index (χ0n) is 17.1. The molecule has 1 aromatic heterocycles. The lowest BCUT2D eigenvalue weighted by Crippen LogP contribution is -2.30. The van der Waals surface area contributed by atoms with E-state index >= 15 is 0 Å². The molecule has 3 aromatic rings. The molecule has 2 heterocycles. The normalized spacial score (nSPS) is 14.1. The van der Waals surface area contributed by atoms with Crippen LogP contribution in [0.4, 0.5) is 0 Å².